The van der Waals surface area contributed by atoms with Crippen LogP contribution >= 0.6 is 0 Å². The summed E-state index contributed by atoms with van der Waals surface area (Å²) >= 11 is 0. The van der Waals surface area contributed by atoms with Gasteiger partial charge in [0.05, 0.1) is 38.3 Å². The number of carbonyl (C=O) groups excluding carboxylic acids is 3. The Kier molecular flexibility index (Phi) is 7.35. The maximum absolute atomic E-state index is 14.1. The van der Waals surface area contributed by atoms with E-state index < -0.39 is 29.6 Å². The monoisotopic (exact) mass is 538 g/mol. The summed E-state index contributed by atoms with van der Waals surface area (Å²) in [5.41, 5.74) is -0.532. The highest BCUT2D eigenvalue weighted by atomic mass is 16.5. The summed E-state index contributed by atoms with van der Waals surface area (Å²) in [4.78, 5) is 45.5. The first-order valence-electron chi connectivity index (χ1n) is 14.2. The minimum absolute atomic E-state index is 0.106. The lowest BCUT2D eigenvalue weighted by molar-refractivity contribution is -0.141. The quantitative estimate of drug-likeness (QED) is 0.484. The first kappa shape index (κ1) is 26.3. The Hall–Kier alpha value is -2.95. The topological polar surface area (TPSA) is 109 Å². The maximum Gasteiger partial charge on any atom is 0.246 e. The normalized spacial score (nSPS) is 32.3. The van der Waals surface area contributed by atoms with E-state index >= 15 is 0 Å². The van der Waals surface area contributed by atoms with Crippen molar-refractivity contribution in [1.29, 1.82) is 0 Å². The maximum atomic E-state index is 14.1. The van der Waals surface area contributed by atoms with Gasteiger partial charge in [-0.3, -0.25) is 19.3 Å². The van der Waals surface area contributed by atoms with E-state index in [9.17, 15) is 14.4 Å². The largest absolute Gasteiger partial charge is 0.497 e. The van der Waals surface area contributed by atoms with Crippen LogP contribution in [0.15, 0.2) is 36.4 Å². The zero-order chi connectivity index (χ0) is 27.0. The van der Waals surface area contributed by atoms with Crippen LogP contribution in [0.5, 0.6) is 5.75 Å². The number of amides is 3. The molecule has 2 bridgehead atoms. The number of nitrogens with one attached hydrogen (secondary N) is 2. The highest BCUT2D eigenvalue weighted by molar-refractivity contribution is 6.02. The molecule has 1 spiro atoms. The number of benzene rings is 1. The standard InChI is InChI=1S/C29H38N4O6/c1-37-21-9-7-20(8-10-21)30-26(34)23-22-11-12-29(39-22)24(23)28(36)33(14-13-32-15-17-38-18-16-32)25(29)27(35)31-19-5-3-2-4-6-19/h7-12,19,22-25H,2-6,13-18H2,1H3,(H,30,34)(H,31,35). The number of carbonyl (C=O) groups is 3. The van der Waals surface area contributed by atoms with Crippen LogP contribution in [-0.4, -0.2) is 97.8 Å². The van der Waals surface area contributed by atoms with Gasteiger partial charge in [-0.2, -0.15) is 0 Å². The minimum Gasteiger partial charge on any atom is -0.497 e. The van der Waals surface area contributed by atoms with Crippen molar-refractivity contribution in [1.82, 2.24) is 15.1 Å². The Morgan fingerprint density at radius 2 is 1.79 bits per heavy atom. The van der Waals surface area contributed by atoms with E-state index in [0.717, 1.165) is 38.8 Å². The number of methoxy groups -OCH3 is 1. The van der Waals surface area contributed by atoms with E-state index in [0.29, 0.717) is 37.7 Å². The average Bonchev–Trinajstić information content (AvgIpc) is 3.60. The number of anilines is 1. The molecule has 5 unspecified atom stereocenters. The number of hydrogen-bond acceptors (Lipinski definition) is 7. The molecule has 10 heteroatoms. The number of nitrogens with zero attached hydrogens (tertiary/aromatic N) is 2. The van der Waals surface area contributed by atoms with E-state index in [2.05, 4.69) is 15.5 Å². The molecule has 1 aromatic rings. The second-order valence-electron chi connectivity index (χ2n) is 11.2. The van der Waals surface area contributed by atoms with Crippen molar-refractivity contribution in [3.05, 3.63) is 36.4 Å². The second-order valence-corrected chi connectivity index (χ2v) is 11.2. The molecule has 1 aromatic carbocycles. The Morgan fingerprint density at radius 1 is 1.05 bits per heavy atom. The van der Waals surface area contributed by atoms with E-state index in [-0.39, 0.29) is 23.8 Å². The molecular weight excluding hydrogens is 500 g/mol. The third kappa shape index (κ3) is 4.83. The molecule has 4 heterocycles. The first-order chi connectivity index (χ1) is 19.0. The molecule has 3 amide bonds. The van der Waals surface area contributed by atoms with E-state index in [1.165, 1.54) is 6.42 Å². The molecule has 1 saturated carbocycles. The molecule has 6 rings (SSSR count). The van der Waals surface area contributed by atoms with Gasteiger partial charge in [-0.05, 0) is 37.1 Å². The van der Waals surface area contributed by atoms with E-state index in [1.807, 2.05) is 12.2 Å². The molecule has 210 valence electrons. The summed E-state index contributed by atoms with van der Waals surface area (Å²) in [7, 11) is 1.59. The van der Waals surface area contributed by atoms with Gasteiger partial charge in [-0.15, -0.1) is 0 Å². The van der Waals surface area contributed by atoms with Crippen LogP contribution in [0.3, 0.4) is 0 Å². The number of ether oxygens (including phenoxy) is 3. The van der Waals surface area contributed by atoms with Crippen LogP contribution in [0.1, 0.15) is 32.1 Å². The fourth-order valence-corrected chi connectivity index (χ4v) is 7.01. The Morgan fingerprint density at radius 3 is 2.51 bits per heavy atom. The lowest BCUT2D eigenvalue weighted by Gasteiger charge is -2.35. The van der Waals surface area contributed by atoms with Crippen LogP contribution in [0, 0.1) is 11.8 Å². The van der Waals surface area contributed by atoms with Gasteiger partial charge in [-0.1, -0.05) is 31.4 Å². The van der Waals surface area contributed by atoms with Gasteiger partial charge >= 0.3 is 0 Å². The molecule has 10 nitrogen and oxygen atoms in total. The second kappa shape index (κ2) is 10.9. The number of likely N-dealkylation sites (tertiary alicyclic amines) is 1. The van der Waals surface area contributed by atoms with E-state index in [4.69, 9.17) is 14.2 Å². The fourth-order valence-electron chi connectivity index (χ4n) is 7.01. The minimum atomic E-state index is -1.15. The van der Waals surface area contributed by atoms with Crippen molar-refractivity contribution < 1.29 is 28.6 Å². The van der Waals surface area contributed by atoms with Gasteiger partial charge in [-0.25, -0.2) is 0 Å². The van der Waals surface area contributed by atoms with Crippen molar-refractivity contribution in [3.63, 3.8) is 0 Å². The molecule has 39 heavy (non-hydrogen) atoms. The third-order valence-corrected chi connectivity index (χ3v) is 8.99. The predicted octanol–water partition coefficient (Wildman–Crippen LogP) is 1.57. The summed E-state index contributed by atoms with van der Waals surface area (Å²) in [6.07, 6.45) is 8.44. The van der Waals surface area contributed by atoms with Crippen LogP contribution in [0.4, 0.5) is 5.69 Å². The predicted molar refractivity (Wildman–Crippen MR) is 143 cm³/mol. The van der Waals surface area contributed by atoms with Crippen LogP contribution in [0.2, 0.25) is 0 Å². The van der Waals surface area contributed by atoms with Gasteiger partial charge < -0.3 is 29.7 Å². The van der Waals surface area contributed by atoms with Crippen LogP contribution < -0.4 is 15.4 Å². The fraction of sp³-hybridized carbons (Fsp3) is 0.621. The summed E-state index contributed by atoms with van der Waals surface area (Å²) in [5.74, 6) is -1.43. The Labute approximate surface area is 229 Å². The zero-order valence-electron chi connectivity index (χ0n) is 22.5. The Balaban J connectivity index is 1.25. The van der Waals surface area contributed by atoms with Crippen LogP contribution in [-0.2, 0) is 23.9 Å². The highest BCUT2D eigenvalue weighted by Crippen LogP contribution is 2.55. The number of hydrogen-bond donors (Lipinski definition) is 2. The van der Waals surface area contributed by atoms with Gasteiger partial charge in [0.25, 0.3) is 0 Å². The van der Waals surface area contributed by atoms with Gasteiger partial charge in [0.15, 0.2) is 0 Å². The summed E-state index contributed by atoms with van der Waals surface area (Å²) in [6.45, 7) is 3.94. The first-order valence-corrected chi connectivity index (χ1v) is 14.2. The molecule has 1 aliphatic carbocycles. The molecule has 2 N–H and O–H groups in total. The molecule has 5 aliphatic rings. The summed E-state index contributed by atoms with van der Waals surface area (Å²) in [6, 6.07) is 6.37. The summed E-state index contributed by atoms with van der Waals surface area (Å²) in [5, 5.41) is 6.20. The number of rotatable bonds is 8. The lowest BCUT2D eigenvalue weighted by atomic mass is 9.74. The van der Waals surface area contributed by atoms with E-state index in [1.54, 1.807) is 36.3 Å². The van der Waals surface area contributed by atoms with Crippen molar-refractivity contribution in [3.8, 4) is 5.75 Å². The molecular formula is C29H38N4O6. The summed E-state index contributed by atoms with van der Waals surface area (Å²) < 4.78 is 17.1. The van der Waals surface area contributed by atoms with Crippen molar-refractivity contribution in [2.75, 3.05) is 51.8 Å². The van der Waals surface area contributed by atoms with Crippen LogP contribution in [0.25, 0.3) is 0 Å². The molecule has 4 aliphatic heterocycles. The molecule has 3 saturated heterocycles. The highest BCUT2D eigenvalue weighted by Gasteiger charge is 2.72. The number of morpholine rings is 1. The Bertz CT molecular complexity index is 1110. The molecule has 0 aromatic heterocycles. The lowest BCUT2D eigenvalue weighted by Crippen LogP contribution is -2.57. The SMILES string of the molecule is COc1ccc(NC(=O)C2C3C=CC4(O3)C2C(=O)N(CCN2CCOCC2)C4C(=O)NC2CCCCC2)cc1. The van der Waals surface area contributed by atoms with Gasteiger partial charge in [0.2, 0.25) is 17.7 Å². The van der Waals surface area contributed by atoms with Gasteiger partial charge in [0.1, 0.15) is 17.4 Å². The average molecular weight is 539 g/mol. The van der Waals surface area contributed by atoms with Crippen molar-refractivity contribution in [2.45, 2.75) is 55.9 Å². The number of fused-ring (bicyclic) bond motifs is 1. The molecule has 5 atom stereocenters. The smallest absolute Gasteiger partial charge is 0.246 e. The third-order valence-electron chi connectivity index (χ3n) is 8.99. The molecule has 4 fully saturated rings. The van der Waals surface area contributed by atoms with Gasteiger partial charge in [0, 0.05) is 37.9 Å². The molecule has 0 radical (unpaired) electrons. The van der Waals surface area contributed by atoms with Crippen molar-refractivity contribution >= 4 is 23.4 Å². The zero-order valence-corrected chi connectivity index (χ0v) is 22.5. The van der Waals surface area contributed by atoms with Crippen molar-refractivity contribution in [2.24, 2.45) is 11.8 Å².